The van der Waals surface area contributed by atoms with E-state index in [0.29, 0.717) is 17.2 Å². The summed E-state index contributed by atoms with van der Waals surface area (Å²) in [6, 6.07) is 4.24. The van der Waals surface area contributed by atoms with Gasteiger partial charge in [-0.25, -0.2) is 9.97 Å². The zero-order valence-corrected chi connectivity index (χ0v) is 22.6. The van der Waals surface area contributed by atoms with Gasteiger partial charge in [0.15, 0.2) is 5.78 Å². The van der Waals surface area contributed by atoms with Gasteiger partial charge in [-0.15, -0.1) is 0 Å². The lowest BCUT2D eigenvalue weighted by molar-refractivity contribution is 0.101. The van der Waals surface area contributed by atoms with Crippen LogP contribution >= 0.6 is 0 Å². The molecule has 1 N–H and O–H groups in total. The zero-order chi connectivity index (χ0) is 26.2. The quantitative estimate of drug-likeness (QED) is 0.435. The molecule has 2 aliphatic carbocycles. The van der Waals surface area contributed by atoms with Crippen LogP contribution in [0.3, 0.4) is 0 Å². The van der Waals surface area contributed by atoms with Crippen LogP contribution in [-0.4, -0.2) is 43.3 Å². The van der Waals surface area contributed by atoms with Crippen LogP contribution in [0.2, 0.25) is 0 Å². The molecule has 0 amide bonds. The summed E-state index contributed by atoms with van der Waals surface area (Å²) in [7, 11) is 0. The van der Waals surface area contributed by atoms with Gasteiger partial charge in [0.2, 0.25) is 5.95 Å². The highest BCUT2D eigenvalue weighted by Gasteiger charge is 2.26. The predicted molar refractivity (Wildman–Crippen MR) is 149 cm³/mol. The highest BCUT2D eigenvalue weighted by atomic mass is 16.1. The summed E-state index contributed by atoms with van der Waals surface area (Å²) >= 11 is 0. The highest BCUT2D eigenvalue weighted by Crippen LogP contribution is 2.32. The minimum absolute atomic E-state index is 0.0601. The number of anilines is 2. The first kappa shape index (κ1) is 25.2. The summed E-state index contributed by atoms with van der Waals surface area (Å²) in [5.41, 5.74) is 3.72. The average Bonchev–Trinajstić information content (AvgIpc) is 3.44. The lowest BCUT2D eigenvalue weighted by Gasteiger charge is -2.33. The minimum Gasteiger partial charge on any atom is -0.309 e. The molecule has 0 saturated heterocycles. The van der Waals surface area contributed by atoms with Gasteiger partial charge in [-0.3, -0.25) is 19.1 Å². The van der Waals surface area contributed by atoms with Crippen molar-refractivity contribution in [3.05, 3.63) is 51.1 Å². The maximum atomic E-state index is 13.5. The van der Waals surface area contributed by atoms with Gasteiger partial charge in [0.25, 0.3) is 5.56 Å². The Labute approximate surface area is 223 Å². The lowest BCUT2D eigenvalue weighted by Crippen LogP contribution is -2.35. The van der Waals surface area contributed by atoms with Crippen LogP contribution in [0.4, 0.5) is 11.8 Å². The topological polar surface area (TPSA) is 93.0 Å². The Hall–Kier alpha value is -3.13. The number of hydrogen-bond acceptors (Lipinski definition) is 7. The van der Waals surface area contributed by atoms with E-state index in [9.17, 15) is 9.59 Å². The third-order valence-corrected chi connectivity index (χ3v) is 8.86. The Morgan fingerprint density at radius 2 is 1.82 bits per heavy atom. The van der Waals surface area contributed by atoms with Gasteiger partial charge in [-0.05, 0) is 62.6 Å². The Kier molecular flexibility index (Phi) is 6.99. The fourth-order valence-corrected chi connectivity index (χ4v) is 6.86. The number of aryl methyl sites for hydroxylation is 1. The molecule has 38 heavy (non-hydrogen) atoms. The first-order valence-electron chi connectivity index (χ1n) is 14.4. The van der Waals surface area contributed by atoms with Crippen molar-refractivity contribution in [3.63, 3.8) is 0 Å². The van der Waals surface area contributed by atoms with Crippen LogP contribution in [0.5, 0.6) is 0 Å². The van der Waals surface area contributed by atoms with E-state index in [4.69, 9.17) is 9.97 Å². The lowest BCUT2D eigenvalue weighted by atomic mass is 9.88. The molecule has 2 saturated carbocycles. The van der Waals surface area contributed by atoms with Crippen LogP contribution < -0.4 is 10.9 Å². The Balaban J connectivity index is 1.26. The van der Waals surface area contributed by atoms with E-state index in [1.807, 2.05) is 13.0 Å². The van der Waals surface area contributed by atoms with Crippen molar-refractivity contribution in [2.75, 3.05) is 18.4 Å². The van der Waals surface area contributed by atoms with Crippen molar-refractivity contribution in [1.29, 1.82) is 0 Å². The number of Topliss-reactive ketones (excluding diaryl/α,β-unsaturated/α-hetero) is 1. The van der Waals surface area contributed by atoms with E-state index in [1.54, 1.807) is 10.8 Å². The molecule has 0 aromatic carbocycles. The van der Waals surface area contributed by atoms with Gasteiger partial charge in [0, 0.05) is 49.4 Å². The number of nitrogens with one attached hydrogen (secondary N) is 1. The number of carbonyl (C=O) groups excluding carboxylic acids is 1. The molecule has 2 fully saturated rings. The molecule has 1 aliphatic heterocycles. The Morgan fingerprint density at radius 1 is 1.05 bits per heavy atom. The van der Waals surface area contributed by atoms with Gasteiger partial charge in [-0.1, -0.05) is 38.2 Å². The van der Waals surface area contributed by atoms with Crippen molar-refractivity contribution in [2.45, 2.75) is 90.6 Å². The number of nitrogens with zero attached hydrogens (tertiary/aromatic N) is 5. The number of ketones is 1. The number of pyridine rings is 2. The molecule has 0 unspecified atom stereocenters. The van der Waals surface area contributed by atoms with E-state index in [0.717, 1.165) is 68.0 Å². The standard InChI is InChI=1S/C30H38N6O2/c1-19-24-16-31-30(34-28(24)36(23-10-6-7-11-23)29(38)27(19)20(2)37)33-26-13-12-22-18-35(15-14-25(22)32-26)17-21-8-4-3-5-9-21/h12-13,16,21,23H,3-11,14-15,17-18H2,1-2H3,(H,31,32,33,34). The van der Waals surface area contributed by atoms with Gasteiger partial charge >= 0.3 is 0 Å². The molecule has 6 rings (SSSR count). The largest absolute Gasteiger partial charge is 0.309 e. The van der Waals surface area contributed by atoms with Crippen molar-refractivity contribution >= 4 is 28.6 Å². The fourth-order valence-electron chi connectivity index (χ4n) is 6.86. The maximum Gasteiger partial charge on any atom is 0.263 e. The van der Waals surface area contributed by atoms with Gasteiger partial charge in [-0.2, -0.15) is 4.98 Å². The molecule has 3 aromatic heterocycles. The molecule has 0 atom stereocenters. The zero-order valence-electron chi connectivity index (χ0n) is 22.6. The van der Waals surface area contributed by atoms with Gasteiger partial charge < -0.3 is 5.32 Å². The summed E-state index contributed by atoms with van der Waals surface area (Å²) in [6.45, 7) is 6.51. The second kappa shape index (κ2) is 10.6. The minimum atomic E-state index is -0.233. The predicted octanol–water partition coefficient (Wildman–Crippen LogP) is 5.49. The molecule has 4 heterocycles. The normalized spacial score (nSPS) is 19.1. The summed E-state index contributed by atoms with van der Waals surface area (Å²) in [4.78, 5) is 42.7. The average molecular weight is 515 g/mol. The molecule has 8 heteroatoms. The van der Waals surface area contributed by atoms with Crippen molar-refractivity contribution in [3.8, 4) is 0 Å². The molecule has 0 radical (unpaired) electrons. The van der Waals surface area contributed by atoms with Crippen molar-refractivity contribution in [1.82, 2.24) is 24.4 Å². The molecule has 8 nitrogen and oxygen atoms in total. The SMILES string of the molecule is CC(=O)c1c(C)c2cnc(Nc3ccc4c(n3)CCN(CC3CCCCC3)C4)nc2n(C2CCCC2)c1=O. The Morgan fingerprint density at radius 3 is 2.58 bits per heavy atom. The third-order valence-electron chi connectivity index (χ3n) is 8.86. The van der Waals surface area contributed by atoms with Crippen molar-refractivity contribution in [2.24, 2.45) is 5.92 Å². The third kappa shape index (κ3) is 4.86. The van der Waals surface area contributed by atoms with Gasteiger partial charge in [0.05, 0.1) is 5.56 Å². The van der Waals surface area contributed by atoms with Crippen LogP contribution in [-0.2, 0) is 13.0 Å². The fraction of sp³-hybridized carbons (Fsp3) is 0.567. The molecule has 3 aliphatic rings. The number of fused-ring (bicyclic) bond motifs is 2. The number of rotatable bonds is 6. The second-order valence-corrected chi connectivity index (χ2v) is 11.5. The summed E-state index contributed by atoms with van der Waals surface area (Å²) in [6.07, 6.45) is 13.6. The van der Waals surface area contributed by atoms with Crippen LogP contribution in [0, 0.1) is 12.8 Å². The van der Waals surface area contributed by atoms with Crippen LogP contribution in [0.15, 0.2) is 23.1 Å². The molecule has 0 bridgehead atoms. The summed E-state index contributed by atoms with van der Waals surface area (Å²) in [5.74, 6) is 1.77. The number of hydrogen-bond donors (Lipinski definition) is 1. The smallest absolute Gasteiger partial charge is 0.263 e. The van der Waals surface area contributed by atoms with E-state index in [2.05, 4.69) is 21.3 Å². The number of carbonyl (C=O) groups is 1. The molecular weight excluding hydrogens is 476 g/mol. The molecular formula is C30H38N6O2. The molecule has 3 aromatic rings. The van der Waals surface area contributed by atoms with Crippen LogP contribution in [0.25, 0.3) is 11.0 Å². The number of aromatic nitrogens is 4. The van der Waals surface area contributed by atoms with E-state index < -0.39 is 0 Å². The van der Waals surface area contributed by atoms with Crippen LogP contribution in [0.1, 0.15) is 97.9 Å². The Bertz CT molecular complexity index is 1420. The summed E-state index contributed by atoms with van der Waals surface area (Å²) < 4.78 is 1.75. The second-order valence-electron chi connectivity index (χ2n) is 11.5. The highest BCUT2D eigenvalue weighted by molar-refractivity contribution is 5.99. The van der Waals surface area contributed by atoms with E-state index in [-0.39, 0.29) is 22.9 Å². The van der Waals surface area contributed by atoms with Crippen molar-refractivity contribution < 1.29 is 4.79 Å². The van der Waals surface area contributed by atoms with E-state index in [1.165, 1.54) is 51.1 Å². The first-order chi connectivity index (χ1) is 18.5. The molecule has 200 valence electrons. The van der Waals surface area contributed by atoms with E-state index >= 15 is 0 Å². The van der Waals surface area contributed by atoms with Gasteiger partial charge in [0.1, 0.15) is 11.5 Å². The summed E-state index contributed by atoms with van der Waals surface area (Å²) in [5, 5.41) is 4.04. The first-order valence-corrected chi connectivity index (χ1v) is 14.4. The maximum absolute atomic E-state index is 13.5. The molecule has 0 spiro atoms. The monoisotopic (exact) mass is 514 g/mol.